The van der Waals surface area contributed by atoms with Crippen molar-refractivity contribution < 1.29 is 17.9 Å². The molecule has 16 heavy (non-hydrogen) atoms. The summed E-state index contributed by atoms with van der Waals surface area (Å²) < 4.78 is 39.6. The number of halogens is 3. The molecule has 0 fully saturated rings. The van der Waals surface area contributed by atoms with Crippen molar-refractivity contribution >= 4 is 6.08 Å². The molecule has 1 aromatic carbocycles. The molecule has 0 bridgehead atoms. The molecule has 0 aliphatic rings. The standard InChI is InChI=1S/C11H12F3NO/c12-11(13,14)16-10-6-3-5-9(8-10)4-1-2-7-15/h1,3-6,8H,2,7,15H2. The molecule has 2 N–H and O–H groups in total. The van der Waals surface area contributed by atoms with Crippen LogP contribution in [0.15, 0.2) is 30.3 Å². The van der Waals surface area contributed by atoms with Crippen molar-refractivity contribution in [3.05, 3.63) is 35.9 Å². The van der Waals surface area contributed by atoms with E-state index < -0.39 is 6.36 Å². The van der Waals surface area contributed by atoms with Crippen molar-refractivity contribution in [1.82, 2.24) is 0 Å². The molecule has 1 aromatic rings. The molecule has 2 nitrogen and oxygen atoms in total. The largest absolute Gasteiger partial charge is 0.573 e. The maximum atomic E-state index is 11.9. The van der Waals surface area contributed by atoms with Crippen LogP contribution >= 0.6 is 0 Å². The van der Waals surface area contributed by atoms with Crippen LogP contribution in [0.3, 0.4) is 0 Å². The maximum Gasteiger partial charge on any atom is 0.573 e. The maximum absolute atomic E-state index is 11.9. The molecule has 0 unspecified atom stereocenters. The van der Waals surface area contributed by atoms with Crippen LogP contribution < -0.4 is 10.5 Å². The fraction of sp³-hybridized carbons (Fsp3) is 0.273. The second kappa shape index (κ2) is 5.55. The average Bonchev–Trinajstić information content (AvgIpc) is 2.16. The third-order valence-electron chi connectivity index (χ3n) is 1.74. The van der Waals surface area contributed by atoms with Gasteiger partial charge in [-0.3, -0.25) is 0 Å². The molecule has 0 amide bonds. The number of hydrogen-bond donors (Lipinski definition) is 1. The minimum Gasteiger partial charge on any atom is -0.406 e. The summed E-state index contributed by atoms with van der Waals surface area (Å²) in [5.74, 6) is -0.220. The third-order valence-corrected chi connectivity index (χ3v) is 1.74. The Hall–Kier alpha value is -1.49. The topological polar surface area (TPSA) is 35.2 Å². The van der Waals surface area contributed by atoms with Crippen LogP contribution in [0.1, 0.15) is 12.0 Å². The van der Waals surface area contributed by atoms with Crippen LogP contribution in [0, 0.1) is 0 Å². The lowest BCUT2D eigenvalue weighted by atomic mass is 10.2. The van der Waals surface area contributed by atoms with Gasteiger partial charge >= 0.3 is 6.36 Å². The summed E-state index contributed by atoms with van der Waals surface area (Å²) >= 11 is 0. The summed E-state index contributed by atoms with van der Waals surface area (Å²) in [6.45, 7) is 0.509. The second-order valence-electron chi connectivity index (χ2n) is 3.10. The van der Waals surface area contributed by atoms with E-state index in [4.69, 9.17) is 5.73 Å². The predicted molar refractivity (Wildman–Crippen MR) is 55.8 cm³/mol. The number of alkyl halides is 3. The first-order chi connectivity index (χ1) is 7.51. The molecule has 0 spiro atoms. The van der Waals surface area contributed by atoms with Crippen LogP contribution in [-0.4, -0.2) is 12.9 Å². The van der Waals surface area contributed by atoms with E-state index in [2.05, 4.69) is 4.74 Å². The van der Waals surface area contributed by atoms with E-state index in [0.717, 1.165) is 0 Å². The zero-order chi connectivity index (χ0) is 12.0. The third kappa shape index (κ3) is 4.84. The molecule has 88 valence electrons. The summed E-state index contributed by atoms with van der Waals surface area (Å²) in [4.78, 5) is 0. The molecule has 0 saturated carbocycles. The Bertz CT molecular complexity index is 360. The fourth-order valence-corrected chi connectivity index (χ4v) is 1.13. The van der Waals surface area contributed by atoms with Crippen LogP contribution in [0.25, 0.3) is 6.08 Å². The number of nitrogens with two attached hydrogens (primary N) is 1. The van der Waals surface area contributed by atoms with Crippen molar-refractivity contribution in [3.8, 4) is 5.75 Å². The normalized spacial score (nSPS) is 12.0. The van der Waals surface area contributed by atoms with Gasteiger partial charge in [0.1, 0.15) is 5.75 Å². The van der Waals surface area contributed by atoms with Gasteiger partial charge in [-0.05, 0) is 30.7 Å². The SMILES string of the molecule is NCCC=Cc1cccc(OC(F)(F)F)c1. The Balaban J connectivity index is 2.71. The van der Waals surface area contributed by atoms with Gasteiger partial charge < -0.3 is 10.5 Å². The van der Waals surface area contributed by atoms with Gasteiger partial charge in [0.15, 0.2) is 0 Å². The zero-order valence-corrected chi connectivity index (χ0v) is 8.50. The molecular formula is C11H12F3NO. The van der Waals surface area contributed by atoms with Gasteiger partial charge in [-0.2, -0.15) is 0 Å². The van der Waals surface area contributed by atoms with Gasteiger partial charge in [-0.15, -0.1) is 13.2 Å². The lowest BCUT2D eigenvalue weighted by Crippen LogP contribution is -2.17. The molecule has 0 atom stereocenters. The number of rotatable bonds is 4. The molecule has 1 rings (SSSR count). The second-order valence-corrected chi connectivity index (χ2v) is 3.10. The first kappa shape index (κ1) is 12.6. The lowest BCUT2D eigenvalue weighted by molar-refractivity contribution is -0.274. The number of ether oxygens (including phenoxy) is 1. The summed E-state index contributed by atoms with van der Waals surface area (Å²) in [6, 6.07) is 5.77. The molecule has 0 heterocycles. The zero-order valence-electron chi connectivity index (χ0n) is 8.50. The van der Waals surface area contributed by atoms with Gasteiger partial charge in [-0.25, -0.2) is 0 Å². The van der Waals surface area contributed by atoms with Crippen molar-refractivity contribution in [2.45, 2.75) is 12.8 Å². The summed E-state index contributed by atoms with van der Waals surface area (Å²) in [5.41, 5.74) is 5.93. The molecule has 5 heteroatoms. The van der Waals surface area contributed by atoms with Crippen LogP contribution in [-0.2, 0) is 0 Å². The smallest absolute Gasteiger partial charge is 0.406 e. The van der Waals surface area contributed by atoms with Gasteiger partial charge in [0.05, 0.1) is 0 Å². The van der Waals surface area contributed by atoms with Crippen molar-refractivity contribution in [1.29, 1.82) is 0 Å². The molecular weight excluding hydrogens is 219 g/mol. The van der Waals surface area contributed by atoms with E-state index in [1.165, 1.54) is 18.2 Å². The van der Waals surface area contributed by atoms with E-state index >= 15 is 0 Å². The van der Waals surface area contributed by atoms with Gasteiger partial charge in [0, 0.05) is 0 Å². The highest BCUT2D eigenvalue weighted by Crippen LogP contribution is 2.23. The van der Waals surface area contributed by atoms with E-state index in [0.29, 0.717) is 18.5 Å². The Morgan fingerprint density at radius 1 is 1.31 bits per heavy atom. The Morgan fingerprint density at radius 2 is 2.06 bits per heavy atom. The van der Waals surface area contributed by atoms with Gasteiger partial charge in [0.25, 0.3) is 0 Å². The van der Waals surface area contributed by atoms with Gasteiger partial charge in [0.2, 0.25) is 0 Å². The molecule has 0 saturated heterocycles. The molecule has 0 aromatic heterocycles. The van der Waals surface area contributed by atoms with Crippen molar-refractivity contribution in [3.63, 3.8) is 0 Å². The van der Waals surface area contributed by atoms with Crippen molar-refractivity contribution in [2.24, 2.45) is 5.73 Å². The summed E-state index contributed by atoms with van der Waals surface area (Å²) in [7, 11) is 0. The predicted octanol–water partition coefficient (Wildman–Crippen LogP) is 2.95. The van der Waals surface area contributed by atoms with E-state index in [1.807, 2.05) is 0 Å². The molecule has 0 aliphatic heterocycles. The van der Waals surface area contributed by atoms with Crippen LogP contribution in [0.5, 0.6) is 5.75 Å². The monoisotopic (exact) mass is 231 g/mol. The lowest BCUT2D eigenvalue weighted by Gasteiger charge is -2.08. The quantitative estimate of drug-likeness (QED) is 0.864. The van der Waals surface area contributed by atoms with E-state index in [-0.39, 0.29) is 5.75 Å². The fourth-order valence-electron chi connectivity index (χ4n) is 1.13. The Kier molecular flexibility index (Phi) is 4.37. The summed E-state index contributed by atoms with van der Waals surface area (Å²) in [5, 5.41) is 0. The van der Waals surface area contributed by atoms with Crippen LogP contribution in [0.4, 0.5) is 13.2 Å². The number of benzene rings is 1. The highest BCUT2D eigenvalue weighted by Gasteiger charge is 2.30. The Morgan fingerprint density at radius 3 is 2.69 bits per heavy atom. The highest BCUT2D eigenvalue weighted by atomic mass is 19.4. The summed E-state index contributed by atoms with van der Waals surface area (Å²) in [6.07, 6.45) is -0.466. The van der Waals surface area contributed by atoms with Crippen molar-refractivity contribution in [2.75, 3.05) is 6.54 Å². The first-order valence-electron chi connectivity index (χ1n) is 4.74. The van der Waals surface area contributed by atoms with Gasteiger partial charge in [-0.1, -0.05) is 24.3 Å². The van der Waals surface area contributed by atoms with E-state index in [1.54, 1.807) is 18.2 Å². The average molecular weight is 231 g/mol. The highest BCUT2D eigenvalue weighted by molar-refractivity contribution is 5.51. The minimum absolute atomic E-state index is 0.220. The molecule has 0 radical (unpaired) electrons. The molecule has 0 aliphatic carbocycles. The minimum atomic E-state index is -4.65. The Labute approximate surface area is 91.5 Å². The number of hydrogen-bond acceptors (Lipinski definition) is 2. The first-order valence-corrected chi connectivity index (χ1v) is 4.74. The van der Waals surface area contributed by atoms with E-state index in [9.17, 15) is 13.2 Å². The van der Waals surface area contributed by atoms with Crippen LogP contribution in [0.2, 0.25) is 0 Å².